The van der Waals surface area contributed by atoms with Crippen molar-refractivity contribution >= 4 is 10.9 Å². The number of para-hydroxylation sites is 1. The molecule has 0 amide bonds. The highest BCUT2D eigenvalue weighted by atomic mass is 16.1. The number of rotatable bonds is 4. The summed E-state index contributed by atoms with van der Waals surface area (Å²) < 4.78 is 1.79. The second-order valence-electron chi connectivity index (χ2n) is 7.29. The van der Waals surface area contributed by atoms with Crippen LogP contribution in [0.1, 0.15) is 31.4 Å². The molecule has 0 spiro atoms. The Hall–Kier alpha value is -2.46. The van der Waals surface area contributed by atoms with Gasteiger partial charge < -0.3 is 0 Å². The number of hydrogen-bond donors (Lipinski definition) is 0. The summed E-state index contributed by atoms with van der Waals surface area (Å²) in [5.74, 6) is 0.537. The van der Waals surface area contributed by atoms with Crippen LogP contribution in [-0.2, 0) is 6.54 Å². The van der Waals surface area contributed by atoms with E-state index in [-0.39, 0.29) is 5.56 Å². The number of benzene rings is 2. The maximum Gasteiger partial charge on any atom is 0.261 e. The van der Waals surface area contributed by atoms with E-state index in [0.717, 1.165) is 38.0 Å². The second kappa shape index (κ2) is 7.42. The Morgan fingerprint density at radius 3 is 2.50 bits per heavy atom. The van der Waals surface area contributed by atoms with Crippen molar-refractivity contribution in [2.24, 2.45) is 5.92 Å². The monoisotopic (exact) mass is 347 g/mol. The van der Waals surface area contributed by atoms with Gasteiger partial charge in [0.15, 0.2) is 0 Å². The molecule has 134 valence electrons. The predicted molar refractivity (Wildman–Crippen MR) is 105 cm³/mol. The molecule has 0 N–H and O–H groups in total. The molecule has 4 heteroatoms. The minimum Gasteiger partial charge on any atom is -0.298 e. The maximum absolute atomic E-state index is 12.7. The van der Waals surface area contributed by atoms with Crippen molar-refractivity contribution in [3.05, 3.63) is 76.8 Å². The lowest BCUT2D eigenvalue weighted by Crippen LogP contribution is -2.37. The lowest BCUT2D eigenvalue weighted by atomic mass is 9.94. The molecule has 0 radical (unpaired) electrons. The van der Waals surface area contributed by atoms with Gasteiger partial charge in [0, 0.05) is 12.6 Å². The first-order chi connectivity index (χ1) is 12.7. The van der Waals surface area contributed by atoms with E-state index < -0.39 is 0 Å². The van der Waals surface area contributed by atoms with Gasteiger partial charge in [-0.25, -0.2) is 4.98 Å². The fraction of sp³-hybridized carbons (Fsp3) is 0.364. The summed E-state index contributed by atoms with van der Waals surface area (Å²) in [6, 6.07) is 18.7. The number of likely N-dealkylation sites (tertiary alicyclic amines) is 1. The Morgan fingerprint density at radius 1 is 1.04 bits per heavy atom. The topological polar surface area (TPSA) is 38.1 Å². The molecule has 3 aromatic rings. The van der Waals surface area contributed by atoms with Crippen LogP contribution in [0.5, 0.6) is 0 Å². The van der Waals surface area contributed by atoms with Crippen LogP contribution in [-0.4, -0.2) is 27.5 Å². The standard InChI is InChI=1S/C22H25N3O/c1-17(19-7-3-2-4-8-19)24-13-11-18(12-14-24)15-25-16-23-21-10-6-5-9-20(21)22(25)26/h2-10,16-18H,11-15H2,1H3. The molecule has 1 unspecified atom stereocenters. The molecule has 2 heterocycles. The zero-order valence-electron chi connectivity index (χ0n) is 15.2. The van der Waals surface area contributed by atoms with Crippen molar-refractivity contribution in [3.63, 3.8) is 0 Å². The molecule has 0 saturated carbocycles. The van der Waals surface area contributed by atoms with Gasteiger partial charge in [-0.05, 0) is 56.5 Å². The largest absolute Gasteiger partial charge is 0.298 e. The number of nitrogens with zero attached hydrogens (tertiary/aromatic N) is 3. The van der Waals surface area contributed by atoms with Gasteiger partial charge in [0.05, 0.1) is 17.2 Å². The van der Waals surface area contributed by atoms with Crippen molar-refractivity contribution in [2.45, 2.75) is 32.4 Å². The zero-order valence-corrected chi connectivity index (χ0v) is 15.2. The van der Waals surface area contributed by atoms with Crippen molar-refractivity contribution in [3.8, 4) is 0 Å². The summed E-state index contributed by atoms with van der Waals surface area (Å²) in [6.45, 7) is 5.21. The van der Waals surface area contributed by atoms with Gasteiger partial charge in [-0.2, -0.15) is 0 Å². The fourth-order valence-corrected chi connectivity index (χ4v) is 3.98. The molecule has 1 aliphatic rings. The lowest BCUT2D eigenvalue weighted by Gasteiger charge is -2.36. The van der Waals surface area contributed by atoms with Gasteiger partial charge in [0.25, 0.3) is 5.56 Å². The van der Waals surface area contributed by atoms with Crippen molar-refractivity contribution in [1.29, 1.82) is 0 Å². The maximum atomic E-state index is 12.7. The van der Waals surface area contributed by atoms with Crippen LogP contribution in [0, 0.1) is 5.92 Å². The summed E-state index contributed by atoms with van der Waals surface area (Å²) in [7, 11) is 0. The van der Waals surface area contributed by atoms with Gasteiger partial charge in [-0.3, -0.25) is 14.3 Å². The Bertz CT molecular complexity index is 927. The molecular weight excluding hydrogens is 322 g/mol. The third-order valence-corrected chi connectivity index (χ3v) is 5.67. The Kier molecular flexibility index (Phi) is 4.85. The van der Waals surface area contributed by atoms with E-state index in [0.29, 0.717) is 17.3 Å². The fourth-order valence-electron chi connectivity index (χ4n) is 3.98. The molecular formula is C22H25N3O. The first-order valence-electron chi connectivity index (χ1n) is 9.45. The molecule has 1 saturated heterocycles. The van der Waals surface area contributed by atoms with Crippen LogP contribution < -0.4 is 5.56 Å². The van der Waals surface area contributed by atoms with E-state index >= 15 is 0 Å². The first-order valence-corrected chi connectivity index (χ1v) is 9.45. The van der Waals surface area contributed by atoms with Gasteiger partial charge in [-0.1, -0.05) is 42.5 Å². The average Bonchev–Trinajstić information content (AvgIpc) is 2.71. The van der Waals surface area contributed by atoms with E-state index in [9.17, 15) is 4.79 Å². The van der Waals surface area contributed by atoms with Gasteiger partial charge in [0.1, 0.15) is 0 Å². The zero-order chi connectivity index (χ0) is 17.9. The highest BCUT2D eigenvalue weighted by Crippen LogP contribution is 2.27. The smallest absolute Gasteiger partial charge is 0.261 e. The minimum atomic E-state index is 0.0793. The molecule has 1 aliphatic heterocycles. The normalized spacial score (nSPS) is 17.4. The van der Waals surface area contributed by atoms with E-state index in [4.69, 9.17) is 0 Å². The molecule has 0 aliphatic carbocycles. The van der Waals surface area contributed by atoms with Crippen LogP contribution in [0.2, 0.25) is 0 Å². The molecule has 1 aromatic heterocycles. The third-order valence-electron chi connectivity index (χ3n) is 5.67. The number of aromatic nitrogens is 2. The summed E-state index contributed by atoms with van der Waals surface area (Å²) in [5, 5.41) is 0.713. The Labute approximate surface area is 154 Å². The number of hydrogen-bond acceptors (Lipinski definition) is 3. The summed E-state index contributed by atoms with van der Waals surface area (Å²) in [4.78, 5) is 19.7. The quantitative estimate of drug-likeness (QED) is 0.719. The summed E-state index contributed by atoms with van der Waals surface area (Å²) in [6.07, 6.45) is 3.95. The highest BCUT2D eigenvalue weighted by molar-refractivity contribution is 5.76. The van der Waals surface area contributed by atoms with E-state index in [2.05, 4.69) is 47.1 Å². The molecule has 2 aromatic carbocycles. The van der Waals surface area contributed by atoms with Gasteiger partial charge in [0.2, 0.25) is 0 Å². The van der Waals surface area contributed by atoms with E-state index in [1.54, 1.807) is 10.9 Å². The predicted octanol–water partition coefficient (Wildman–Crippen LogP) is 3.87. The first kappa shape index (κ1) is 17.0. The summed E-state index contributed by atoms with van der Waals surface area (Å²) in [5.41, 5.74) is 2.23. The Balaban J connectivity index is 1.41. The van der Waals surface area contributed by atoms with E-state index in [1.807, 2.05) is 24.3 Å². The van der Waals surface area contributed by atoms with Crippen LogP contribution in [0.4, 0.5) is 0 Å². The number of fused-ring (bicyclic) bond motifs is 1. The van der Waals surface area contributed by atoms with Crippen LogP contribution in [0.25, 0.3) is 10.9 Å². The van der Waals surface area contributed by atoms with Crippen LogP contribution in [0.15, 0.2) is 65.7 Å². The SMILES string of the molecule is CC(c1ccccc1)N1CCC(Cn2cnc3ccccc3c2=O)CC1. The van der Waals surface area contributed by atoms with E-state index in [1.165, 1.54) is 5.56 Å². The lowest BCUT2D eigenvalue weighted by molar-refractivity contribution is 0.133. The molecule has 0 bridgehead atoms. The molecule has 26 heavy (non-hydrogen) atoms. The van der Waals surface area contributed by atoms with Crippen molar-refractivity contribution < 1.29 is 0 Å². The van der Waals surface area contributed by atoms with Crippen molar-refractivity contribution in [2.75, 3.05) is 13.1 Å². The van der Waals surface area contributed by atoms with Gasteiger partial charge in [-0.15, -0.1) is 0 Å². The Morgan fingerprint density at radius 2 is 1.73 bits per heavy atom. The van der Waals surface area contributed by atoms with Crippen molar-refractivity contribution in [1.82, 2.24) is 14.5 Å². The average molecular weight is 347 g/mol. The minimum absolute atomic E-state index is 0.0793. The van der Waals surface area contributed by atoms with Crippen LogP contribution >= 0.6 is 0 Å². The van der Waals surface area contributed by atoms with Gasteiger partial charge >= 0.3 is 0 Å². The molecule has 4 nitrogen and oxygen atoms in total. The third kappa shape index (κ3) is 3.42. The molecule has 1 fully saturated rings. The molecule has 1 atom stereocenters. The number of piperidine rings is 1. The summed E-state index contributed by atoms with van der Waals surface area (Å²) >= 11 is 0. The second-order valence-corrected chi connectivity index (χ2v) is 7.29. The highest BCUT2D eigenvalue weighted by Gasteiger charge is 2.24. The molecule has 4 rings (SSSR count). The van der Waals surface area contributed by atoms with Crippen LogP contribution in [0.3, 0.4) is 0 Å².